The molecule has 4 amide bonds. The molecule has 0 saturated carbocycles. The predicted octanol–water partition coefficient (Wildman–Crippen LogP) is 4.68. The second-order valence-corrected chi connectivity index (χ2v) is 8.48. The van der Waals surface area contributed by atoms with Gasteiger partial charge in [0.1, 0.15) is 18.0 Å². The van der Waals surface area contributed by atoms with Crippen LogP contribution >= 0.6 is 22.6 Å². The third-order valence-corrected chi connectivity index (χ3v) is 5.72. The third-order valence-electron chi connectivity index (χ3n) is 5.00. The number of halogens is 2. The number of carbonyl (C=O) groups excluding carboxylic acids is 3. The summed E-state index contributed by atoms with van der Waals surface area (Å²) in [6, 6.07) is 17.1. The Bertz CT molecular complexity index is 1310. The second-order valence-electron chi connectivity index (χ2n) is 7.23. The van der Waals surface area contributed by atoms with Crippen molar-refractivity contribution < 1.29 is 28.2 Å². The normalized spacial score (nSPS) is 14.9. The minimum atomic E-state index is -1.02. The number of ether oxygens (including phenoxy) is 2. The van der Waals surface area contributed by atoms with E-state index in [1.165, 1.54) is 31.4 Å². The summed E-state index contributed by atoms with van der Waals surface area (Å²) in [5.74, 6) is -1.70. The lowest BCUT2D eigenvalue weighted by Gasteiger charge is -2.26. The van der Waals surface area contributed by atoms with Gasteiger partial charge in [0.05, 0.1) is 12.8 Å². The van der Waals surface area contributed by atoms with Gasteiger partial charge in [-0.15, -0.1) is 0 Å². The summed E-state index contributed by atoms with van der Waals surface area (Å²) in [6.07, 6.45) is 1.31. The van der Waals surface area contributed by atoms with Gasteiger partial charge in [0.25, 0.3) is 11.8 Å². The molecule has 0 aliphatic carbocycles. The van der Waals surface area contributed by atoms with Crippen molar-refractivity contribution in [3.8, 4) is 11.5 Å². The molecule has 0 bridgehead atoms. The van der Waals surface area contributed by atoms with Crippen LogP contribution in [0.5, 0.6) is 11.5 Å². The van der Waals surface area contributed by atoms with Crippen molar-refractivity contribution in [2.75, 3.05) is 12.0 Å². The van der Waals surface area contributed by atoms with Crippen LogP contribution in [0.4, 0.5) is 14.9 Å². The zero-order valence-corrected chi connectivity index (χ0v) is 20.0. The minimum absolute atomic E-state index is 0.250. The molecule has 3 aromatic carbocycles. The van der Waals surface area contributed by atoms with Crippen molar-refractivity contribution in [1.29, 1.82) is 0 Å². The zero-order chi connectivity index (χ0) is 24.2. The second kappa shape index (κ2) is 10.0. The summed E-state index contributed by atoms with van der Waals surface area (Å²) in [5, 5.41) is 2.07. The van der Waals surface area contributed by atoms with Gasteiger partial charge in [-0.25, -0.2) is 14.1 Å². The smallest absolute Gasteiger partial charge is 0.336 e. The van der Waals surface area contributed by atoms with Gasteiger partial charge >= 0.3 is 6.03 Å². The monoisotopic (exact) mass is 572 g/mol. The maximum absolute atomic E-state index is 14.2. The average Bonchev–Trinajstić information content (AvgIpc) is 2.83. The molecule has 1 heterocycles. The van der Waals surface area contributed by atoms with E-state index in [0.717, 1.165) is 15.2 Å². The highest BCUT2D eigenvalue weighted by atomic mass is 127. The number of carbonyl (C=O) groups is 3. The number of barbiturate groups is 1. The Balaban J connectivity index is 1.60. The molecular weight excluding hydrogens is 554 g/mol. The van der Waals surface area contributed by atoms with Gasteiger partial charge < -0.3 is 9.47 Å². The summed E-state index contributed by atoms with van der Waals surface area (Å²) < 4.78 is 26.6. The molecular formula is C25H18FIN2O5. The Morgan fingerprint density at radius 3 is 2.44 bits per heavy atom. The van der Waals surface area contributed by atoms with E-state index in [2.05, 4.69) is 27.9 Å². The molecule has 4 rings (SSSR count). The number of rotatable bonds is 6. The summed E-state index contributed by atoms with van der Waals surface area (Å²) in [4.78, 5) is 38.2. The fraction of sp³-hybridized carbons (Fsp3) is 0.0800. The molecule has 1 N–H and O–H groups in total. The Labute approximate surface area is 208 Å². The molecule has 0 spiro atoms. The minimum Gasteiger partial charge on any atom is -0.493 e. The van der Waals surface area contributed by atoms with Crippen LogP contribution in [0.15, 0.2) is 72.3 Å². The Kier molecular flexibility index (Phi) is 6.92. The number of para-hydroxylation sites is 1. The molecule has 1 saturated heterocycles. The quantitative estimate of drug-likeness (QED) is 0.264. The molecule has 34 heavy (non-hydrogen) atoms. The molecule has 1 aliphatic rings. The number of anilines is 1. The van der Waals surface area contributed by atoms with Crippen molar-refractivity contribution in [2.24, 2.45) is 0 Å². The van der Waals surface area contributed by atoms with Crippen LogP contribution in [0.3, 0.4) is 0 Å². The molecule has 0 radical (unpaired) electrons. The number of nitrogens with zero attached hydrogens (tertiary/aromatic N) is 1. The van der Waals surface area contributed by atoms with Crippen LogP contribution in [-0.2, 0) is 16.2 Å². The highest BCUT2D eigenvalue weighted by Crippen LogP contribution is 2.31. The first kappa shape index (κ1) is 23.4. The van der Waals surface area contributed by atoms with Gasteiger partial charge in [-0.1, -0.05) is 30.3 Å². The number of hydrogen-bond donors (Lipinski definition) is 1. The molecule has 0 unspecified atom stereocenters. The van der Waals surface area contributed by atoms with Crippen molar-refractivity contribution in [3.05, 3.63) is 92.8 Å². The van der Waals surface area contributed by atoms with E-state index >= 15 is 0 Å². The van der Waals surface area contributed by atoms with Crippen LogP contribution in [0.25, 0.3) is 6.08 Å². The number of hydrogen-bond acceptors (Lipinski definition) is 5. The lowest BCUT2D eigenvalue weighted by Crippen LogP contribution is -2.54. The highest BCUT2D eigenvalue weighted by molar-refractivity contribution is 14.1. The summed E-state index contributed by atoms with van der Waals surface area (Å²) in [5.41, 5.74) is 0.869. The predicted molar refractivity (Wildman–Crippen MR) is 132 cm³/mol. The molecule has 3 aromatic rings. The third kappa shape index (κ3) is 4.93. The molecule has 1 fully saturated rings. The van der Waals surface area contributed by atoms with Gasteiger partial charge in [-0.3, -0.25) is 14.9 Å². The standard InChI is InChI=1S/C25H18FIN2O5/c1-33-22-13-16(8-11-21(22)34-14-15-6-9-17(27)10-7-15)12-18-23(30)28-25(32)29(24(18)31)20-5-3-2-4-19(20)26/h2-13H,14H2,1H3,(H,28,30,32)/b18-12+. The molecule has 0 atom stereocenters. The Morgan fingerprint density at radius 2 is 1.74 bits per heavy atom. The average molecular weight is 572 g/mol. The van der Waals surface area contributed by atoms with E-state index in [-0.39, 0.29) is 11.3 Å². The molecule has 9 heteroatoms. The maximum Gasteiger partial charge on any atom is 0.336 e. The number of urea groups is 1. The molecule has 172 valence electrons. The largest absolute Gasteiger partial charge is 0.493 e. The van der Waals surface area contributed by atoms with Crippen molar-refractivity contribution in [2.45, 2.75) is 6.61 Å². The summed E-state index contributed by atoms with van der Waals surface area (Å²) in [7, 11) is 1.47. The van der Waals surface area contributed by atoms with Gasteiger partial charge in [0.2, 0.25) is 0 Å². The van der Waals surface area contributed by atoms with Crippen molar-refractivity contribution in [3.63, 3.8) is 0 Å². The number of amides is 4. The van der Waals surface area contributed by atoms with Crippen LogP contribution in [0.2, 0.25) is 0 Å². The first-order chi connectivity index (χ1) is 16.4. The molecule has 7 nitrogen and oxygen atoms in total. The van der Waals surface area contributed by atoms with Crippen molar-refractivity contribution in [1.82, 2.24) is 5.32 Å². The molecule has 0 aromatic heterocycles. The Hall–Kier alpha value is -3.73. The molecule has 1 aliphatic heterocycles. The highest BCUT2D eigenvalue weighted by Gasteiger charge is 2.37. The van der Waals surface area contributed by atoms with Crippen LogP contribution in [0.1, 0.15) is 11.1 Å². The van der Waals surface area contributed by atoms with E-state index in [1.807, 2.05) is 24.3 Å². The van der Waals surface area contributed by atoms with Crippen molar-refractivity contribution >= 4 is 52.2 Å². The first-order valence-electron chi connectivity index (χ1n) is 10.1. The zero-order valence-electron chi connectivity index (χ0n) is 17.9. The lowest BCUT2D eigenvalue weighted by molar-refractivity contribution is -0.122. The lowest BCUT2D eigenvalue weighted by atomic mass is 10.1. The van der Waals surface area contributed by atoms with Gasteiger partial charge in [-0.2, -0.15) is 0 Å². The number of nitrogens with one attached hydrogen (secondary N) is 1. The number of imide groups is 2. The number of methoxy groups -OCH3 is 1. The van der Waals surface area contributed by atoms with Crippen LogP contribution in [0, 0.1) is 9.39 Å². The van der Waals surface area contributed by atoms with E-state index in [0.29, 0.717) is 28.6 Å². The SMILES string of the molecule is COc1cc(/C=C2\C(=O)NC(=O)N(c3ccccc3F)C2=O)ccc1OCc1ccc(I)cc1. The van der Waals surface area contributed by atoms with E-state index < -0.39 is 23.7 Å². The fourth-order valence-corrected chi connectivity index (χ4v) is 3.67. The van der Waals surface area contributed by atoms with Crippen LogP contribution < -0.4 is 19.7 Å². The Morgan fingerprint density at radius 1 is 1.00 bits per heavy atom. The number of benzene rings is 3. The topological polar surface area (TPSA) is 84.9 Å². The van der Waals surface area contributed by atoms with Gasteiger partial charge in [0, 0.05) is 3.57 Å². The summed E-state index contributed by atoms with van der Waals surface area (Å²) >= 11 is 2.22. The van der Waals surface area contributed by atoms with Gasteiger partial charge in [0.15, 0.2) is 11.5 Å². The van der Waals surface area contributed by atoms with E-state index in [4.69, 9.17) is 9.47 Å². The first-order valence-corrected chi connectivity index (χ1v) is 11.2. The summed E-state index contributed by atoms with van der Waals surface area (Å²) in [6.45, 7) is 0.328. The fourth-order valence-electron chi connectivity index (χ4n) is 3.31. The van der Waals surface area contributed by atoms with Crippen LogP contribution in [-0.4, -0.2) is 25.0 Å². The van der Waals surface area contributed by atoms with E-state index in [1.54, 1.807) is 18.2 Å². The van der Waals surface area contributed by atoms with Gasteiger partial charge in [-0.05, 0) is 76.2 Å². The maximum atomic E-state index is 14.2. The van der Waals surface area contributed by atoms with E-state index in [9.17, 15) is 18.8 Å².